The minimum Gasteiger partial charge on any atom is -0.384 e. The van der Waals surface area contributed by atoms with Crippen LogP contribution in [0.2, 0.25) is 0 Å². The average molecular weight is 307 g/mol. The van der Waals surface area contributed by atoms with Gasteiger partial charge >= 0.3 is 0 Å². The fourth-order valence-electron chi connectivity index (χ4n) is 2.65. The van der Waals surface area contributed by atoms with Gasteiger partial charge < -0.3 is 10.2 Å². The Morgan fingerprint density at radius 1 is 1.43 bits per heavy atom. The Morgan fingerprint density at radius 2 is 2.10 bits per heavy atom. The van der Waals surface area contributed by atoms with E-state index in [2.05, 4.69) is 31.1 Å². The Bertz CT molecular complexity index is 496. The molecule has 5 heteroatoms. The zero-order valence-corrected chi connectivity index (χ0v) is 14.2. The molecule has 0 aliphatic carbocycles. The van der Waals surface area contributed by atoms with Crippen molar-refractivity contribution < 1.29 is 4.79 Å². The highest BCUT2D eigenvalue weighted by molar-refractivity contribution is 8.00. The fourth-order valence-corrected chi connectivity index (χ4v) is 3.98. The molecule has 1 aromatic rings. The molecule has 1 N–H and O–H groups in total. The number of nitrogens with one attached hydrogen (secondary N) is 1. The predicted octanol–water partition coefficient (Wildman–Crippen LogP) is 3.18. The van der Waals surface area contributed by atoms with Crippen molar-refractivity contribution in [2.75, 3.05) is 25.0 Å². The van der Waals surface area contributed by atoms with E-state index in [-0.39, 0.29) is 5.91 Å². The molecule has 0 spiro atoms. The third-order valence-corrected chi connectivity index (χ3v) is 4.77. The Hall–Kier alpha value is -1.23. The molecule has 2 atom stereocenters. The summed E-state index contributed by atoms with van der Waals surface area (Å²) in [5.74, 6) is 0.0973. The summed E-state index contributed by atoms with van der Waals surface area (Å²) in [4.78, 5) is 19.1. The first-order valence-corrected chi connectivity index (χ1v) is 8.60. The standard InChI is InChI=1S/C16H25N3OS/c1-5-6-17-15-7-11(2)18-8-14(15)16(20)19-9-12(3)21-13(4)10-19/h7-8,12-13H,5-6,9-10H2,1-4H3,(H,17,18). The highest BCUT2D eigenvalue weighted by atomic mass is 32.2. The maximum atomic E-state index is 12.8. The Balaban J connectivity index is 2.21. The number of amides is 1. The van der Waals surface area contributed by atoms with E-state index in [4.69, 9.17) is 0 Å². The van der Waals surface area contributed by atoms with Crippen molar-refractivity contribution in [2.24, 2.45) is 0 Å². The van der Waals surface area contributed by atoms with Crippen molar-refractivity contribution in [2.45, 2.75) is 44.6 Å². The van der Waals surface area contributed by atoms with Crippen LogP contribution in [0.25, 0.3) is 0 Å². The van der Waals surface area contributed by atoms with Gasteiger partial charge in [-0.1, -0.05) is 20.8 Å². The number of pyridine rings is 1. The van der Waals surface area contributed by atoms with Gasteiger partial charge in [-0.3, -0.25) is 9.78 Å². The molecule has 1 aliphatic rings. The van der Waals surface area contributed by atoms with Crippen LogP contribution < -0.4 is 5.32 Å². The lowest BCUT2D eigenvalue weighted by atomic mass is 10.1. The van der Waals surface area contributed by atoms with Crippen LogP contribution in [0.3, 0.4) is 0 Å². The first-order chi connectivity index (χ1) is 10.0. The van der Waals surface area contributed by atoms with Crippen molar-refractivity contribution in [3.63, 3.8) is 0 Å². The number of anilines is 1. The van der Waals surface area contributed by atoms with E-state index in [1.165, 1.54) is 0 Å². The van der Waals surface area contributed by atoms with Gasteiger partial charge in [0.15, 0.2) is 0 Å². The van der Waals surface area contributed by atoms with Gasteiger partial charge in [-0.05, 0) is 19.4 Å². The molecule has 2 unspecified atom stereocenters. The SMILES string of the molecule is CCCNc1cc(C)ncc1C(=O)N1CC(C)SC(C)C1. The van der Waals surface area contributed by atoms with Crippen LogP contribution in [0.1, 0.15) is 43.2 Å². The minimum absolute atomic E-state index is 0.0973. The molecular weight excluding hydrogens is 282 g/mol. The molecule has 1 aromatic heterocycles. The molecule has 1 aliphatic heterocycles. The first kappa shape index (κ1) is 16.1. The molecule has 1 amide bonds. The second-order valence-electron chi connectivity index (χ2n) is 5.77. The third-order valence-electron chi connectivity index (χ3n) is 3.54. The molecule has 0 radical (unpaired) electrons. The zero-order chi connectivity index (χ0) is 15.4. The zero-order valence-electron chi connectivity index (χ0n) is 13.3. The van der Waals surface area contributed by atoms with Crippen LogP contribution in [0, 0.1) is 6.92 Å². The molecule has 21 heavy (non-hydrogen) atoms. The predicted molar refractivity (Wildman–Crippen MR) is 90.2 cm³/mol. The topological polar surface area (TPSA) is 45.2 Å². The van der Waals surface area contributed by atoms with Gasteiger partial charge in [0.25, 0.3) is 5.91 Å². The number of hydrogen-bond donors (Lipinski definition) is 1. The van der Waals surface area contributed by atoms with Gasteiger partial charge in [-0.25, -0.2) is 0 Å². The van der Waals surface area contributed by atoms with Crippen molar-refractivity contribution in [3.8, 4) is 0 Å². The first-order valence-electron chi connectivity index (χ1n) is 7.66. The van der Waals surface area contributed by atoms with E-state index in [9.17, 15) is 4.79 Å². The van der Waals surface area contributed by atoms with Gasteiger partial charge in [0, 0.05) is 42.0 Å². The Labute approximate surface area is 131 Å². The number of thioether (sulfide) groups is 1. The molecular formula is C16H25N3OS. The summed E-state index contributed by atoms with van der Waals surface area (Å²) in [5, 5.41) is 4.33. The minimum atomic E-state index is 0.0973. The molecule has 0 aromatic carbocycles. The Kier molecular flexibility index (Phi) is 5.51. The van der Waals surface area contributed by atoms with Gasteiger partial charge in [-0.2, -0.15) is 11.8 Å². The lowest BCUT2D eigenvalue weighted by molar-refractivity contribution is 0.0754. The number of hydrogen-bond acceptors (Lipinski definition) is 4. The second kappa shape index (κ2) is 7.16. The molecule has 1 saturated heterocycles. The number of carbonyl (C=O) groups excluding carboxylic acids is 1. The van der Waals surface area contributed by atoms with E-state index < -0.39 is 0 Å². The maximum absolute atomic E-state index is 12.8. The summed E-state index contributed by atoms with van der Waals surface area (Å²) in [6.45, 7) is 10.9. The summed E-state index contributed by atoms with van der Waals surface area (Å²) in [6, 6.07) is 1.97. The summed E-state index contributed by atoms with van der Waals surface area (Å²) in [5.41, 5.74) is 2.54. The largest absolute Gasteiger partial charge is 0.384 e. The number of aromatic nitrogens is 1. The quantitative estimate of drug-likeness (QED) is 0.928. The van der Waals surface area contributed by atoms with Crippen LogP contribution in [-0.4, -0.2) is 45.9 Å². The second-order valence-corrected chi connectivity index (χ2v) is 7.65. The van der Waals surface area contributed by atoms with Crippen LogP contribution in [0.15, 0.2) is 12.3 Å². The van der Waals surface area contributed by atoms with Crippen molar-refractivity contribution >= 4 is 23.4 Å². The van der Waals surface area contributed by atoms with Crippen LogP contribution in [0.5, 0.6) is 0 Å². The molecule has 1 fully saturated rings. The molecule has 2 rings (SSSR count). The molecule has 116 valence electrons. The summed E-state index contributed by atoms with van der Waals surface area (Å²) in [7, 11) is 0. The van der Waals surface area contributed by atoms with E-state index in [0.717, 1.165) is 37.4 Å². The number of rotatable bonds is 4. The fraction of sp³-hybridized carbons (Fsp3) is 0.625. The number of nitrogens with zero attached hydrogens (tertiary/aromatic N) is 2. The highest BCUT2D eigenvalue weighted by Gasteiger charge is 2.27. The van der Waals surface area contributed by atoms with E-state index in [1.807, 2.05) is 29.7 Å². The summed E-state index contributed by atoms with van der Waals surface area (Å²) >= 11 is 1.95. The maximum Gasteiger partial charge on any atom is 0.257 e. The average Bonchev–Trinajstić information content (AvgIpc) is 2.43. The van der Waals surface area contributed by atoms with Gasteiger partial charge in [0.2, 0.25) is 0 Å². The van der Waals surface area contributed by atoms with Crippen molar-refractivity contribution in [1.29, 1.82) is 0 Å². The van der Waals surface area contributed by atoms with E-state index >= 15 is 0 Å². The third kappa shape index (κ3) is 4.13. The van der Waals surface area contributed by atoms with E-state index in [1.54, 1.807) is 6.20 Å². The summed E-state index contributed by atoms with van der Waals surface area (Å²) < 4.78 is 0. The Morgan fingerprint density at radius 3 is 2.71 bits per heavy atom. The molecule has 0 bridgehead atoms. The molecule has 2 heterocycles. The van der Waals surface area contributed by atoms with Crippen molar-refractivity contribution in [3.05, 3.63) is 23.5 Å². The lowest BCUT2D eigenvalue weighted by Crippen LogP contribution is -2.44. The lowest BCUT2D eigenvalue weighted by Gasteiger charge is -2.35. The molecule has 0 saturated carbocycles. The monoisotopic (exact) mass is 307 g/mol. The van der Waals surface area contributed by atoms with Crippen LogP contribution >= 0.6 is 11.8 Å². The van der Waals surface area contributed by atoms with Gasteiger partial charge in [0.1, 0.15) is 0 Å². The highest BCUT2D eigenvalue weighted by Crippen LogP contribution is 2.27. The normalized spacial score (nSPS) is 22.2. The van der Waals surface area contributed by atoms with Gasteiger partial charge in [0.05, 0.1) is 11.3 Å². The van der Waals surface area contributed by atoms with Crippen LogP contribution in [0.4, 0.5) is 5.69 Å². The summed E-state index contributed by atoms with van der Waals surface area (Å²) in [6.07, 6.45) is 2.75. The molecule has 4 nitrogen and oxygen atoms in total. The van der Waals surface area contributed by atoms with Crippen molar-refractivity contribution in [1.82, 2.24) is 9.88 Å². The van der Waals surface area contributed by atoms with Gasteiger partial charge in [-0.15, -0.1) is 0 Å². The smallest absolute Gasteiger partial charge is 0.257 e. The van der Waals surface area contributed by atoms with E-state index in [0.29, 0.717) is 16.1 Å². The number of aryl methyl sites for hydroxylation is 1. The number of carbonyl (C=O) groups is 1. The van der Waals surface area contributed by atoms with Crippen LogP contribution in [-0.2, 0) is 0 Å².